The third kappa shape index (κ3) is 3.09. The molecule has 0 N–H and O–H groups in total. The molecular formula is C16H17N5O2S. The van der Waals surface area contributed by atoms with Crippen molar-refractivity contribution >= 4 is 17.2 Å². The zero-order valence-corrected chi connectivity index (χ0v) is 13.9. The Morgan fingerprint density at radius 2 is 2.38 bits per heavy atom. The summed E-state index contributed by atoms with van der Waals surface area (Å²) in [6.07, 6.45) is 5.47. The molecule has 1 amide bonds. The molecule has 1 aliphatic rings. The number of aromatic nitrogens is 4. The van der Waals surface area contributed by atoms with Crippen molar-refractivity contribution in [2.75, 3.05) is 13.1 Å². The highest BCUT2D eigenvalue weighted by molar-refractivity contribution is 7.08. The number of hydrogen-bond acceptors (Lipinski definition) is 6. The van der Waals surface area contributed by atoms with Gasteiger partial charge in [-0.15, -0.1) is 5.10 Å². The van der Waals surface area contributed by atoms with Gasteiger partial charge in [0.25, 0.3) is 5.91 Å². The molecule has 1 fully saturated rings. The van der Waals surface area contributed by atoms with Gasteiger partial charge in [-0.3, -0.25) is 9.48 Å². The van der Waals surface area contributed by atoms with E-state index in [1.54, 1.807) is 17.4 Å². The second-order valence-corrected chi connectivity index (χ2v) is 6.76. The molecule has 0 spiro atoms. The lowest BCUT2D eigenvalue weighted by Gasteiger charge is -2.32. The summed E-state index contributed by atoms with van der Waals surface area (Å²) in [7, 11) is 0. The van der Waals surface area contributed by atoms with Crippen molar-refractivity contribution in [1.29, 1.82) is 0 Å². The molecule has 0 aliphatic carbocycles. The standard InChI is InChI=1S/C16H17N5O2S/c22-16(14-3-6-23-18-14)20-5-1-2-12(8-20)9-21-10-15(17-19-21)13-4-7-24-11-13/h3-4,6-7,10-12H,1-2,5,8-9H2/t12-/m1/s1. The van der Waals surface area contributed by atoms with Crippen LogP contribution in [0.25, 0.3) is 11.3 Å². The Balaban J connectivity index is 1.41. The largest absolute Gasteiger partial charge is 0.364 e. The van der Waals surface area contributed by atoms with Crippen LogP contribution in [0.15, 0.2) is 39.9 Å². The zero-order valence-electron chi connectivity index (χ0n) is 13.0. The molecule has 8 heteroatoms. The van der Waals surface area contributed by atoms with Crippen LogP contribution in [0.3, 0.4) is 0 Å². The maximum absolute atomic E-state index is 12.4. The van der Waals surface area contributed by atoms with E-state index >= 15 is 0 Å². The van der Waals surface area contributed by atoms with Crippen LogP contribution in [-0.4, -0.2) is 44.0 Å². The number of likely N-dealkylation sites (tertiary alicyclic amines) is 1. The summed E-state index contributed by atoms with van der Waals surface area (Å²) >= 11 is 1.65. The highest BCUT2D eigenvalue weighted by Crippen LogP contribution is 2.22. The van der Waals surface area contributed by atoms with Gasteiger partial charge in [0.2, 0.25) is 0 Å². The van der Waals surface area contributed by atoms with Crippen LogP contribution in [0.2, 0.25) is 0 Å². The predicted molar refractivity (Wildman–Crippen MR) is 88.5 cm³/mol. The fourth-order valence-corrected chi connectivity index (χ4v) is 3.73. The third-order valence-electron chi connectivity index (χ3n) is 4.26. The molecule has 7 nitrogen and oxygen atoms in total. The summed E-state index contributed by atoms with van der Waals surface area (Å²) in [5.41, 5.74) is 2.36. The summed E-state index contributed by atoms with van der Waals surface area (Å²) in [6.45, 7) is 2.23. The van der Waals surface area contributed by atoms with E-state index in [4.69, 9.17) is 4.52 Å². The van der Waals surface area contributed by atoms with Gasteiger partial charge in [0, 0.05) is 36.6 Å². The van der Waals surface area contributed by atoms with Crippen LogP contribution in [0.4, 0.5) is 0 Å². The smallest absolute Gasteiger partial charge is 0.276 e. The van der Waals surface area contributed by atoms with E-state index in [1.807, 2.05) is 27.2 Å². The van der Waals surface area contributed by atoms with Crippen LogP contribution in [-0.2, 0) is 6.54 Å². The van der Waals surface area contributed by atoms with E-state index < -0.39 is 0 Å². The molecule has 0 aromatic carbocycles. The Hall–Kier alpha value is -2.48. The minimum absolute atomic E-state index is 0.0639. The number of carbonyl (C=O) groups is 1. The molecule has 124 valence electrons. The van der Waals surface area contributed by atoms with Gasteiger partial charge >= 0.3 is 0 Å². The zero-order chi connectivity index (χ0) is 16.4. The Morgan fingerprint density at radius 3 is 3.17 bits per heavy atom. The van der Waals surface area contributed by atoms with Crippen molar-refractivity contribution < 1.29 is 9.32 Å². The molecule has 3 aromatic rings. The lowest BCUT2D eigenvalue weighted by molar-refractivity contribution is 0.0649. The first-order chi connectivity index (χ1) is 11.8. The molecule has 0 radical (unpaired) electrons. The number of rotatable bonds is 4. The molecule has 0 bridgehead atoms. The van der Waals surface area contributed by atoms with Gasteiger partial charge in [-0.2, -0.15) is 11.3 Å². The third-order valence-corrected chi connectivity index (χ3v) is 4.95. The molecule has 0 saturated carbocycles. The van der Waals surface area contributed by atoms with E-state index in [9.17, 15) is 4.79 Å². The summed E-state index contributed by atoms with van der Waals surface area (Å²) in [5, 5.41) is 16.3. The first-order valence-corrected chi connectivity index (χ1v) is 8.86. The van der Waals surface area contributed by atoms with Crippen molar-refractivity contribution in [1.82, 2.24) is 25.1 Å². The number of thiophene rings is 1. The van der Waals surface area contributed by atoms with Gasteiger partial charge in [0.1, 0.15) is 12.0 Å². The van der Waals surface area contributed by atoms with Crippen LogP contribution in [0.1, 0.15) is 23.3 Å². The first-order valence-electron chi connectivity index (χ1n) is 7.92. The lowest BCUT2D eigenvalue weighted by Crippen LogP contribution is -2.41. The van der Waals surface area contributed by atoms with Crippen LogP contribution >= 0.6 is 11.3 Å². The van der Waals surface area contributed by atoms with E-state index in [0.717, 1.165) is 37.2 Å². The topological polar surface area (TPSA) is 77.0 Å². The Labute approximate surface area is 142 Å². The normalized spacial score (nSPS) is 18.0. The highest BCUT2D eigenvalue weighted by atomic mass is 32.1. The van der Waals surface area contributed by atoms with Crippen LogP contribution in [0, 0.1) is 5.92 Å². The Bertz CT molecular complexity index is 796. The van der Waals surface area contributed by atoms with Crippen LogP contribution < -0.4 is 0 Å². The molecule has 1 saturated heterocycles. The molecule has 1 atom stereocenters. The summed E-state index contributed by atoms with van der Waals surface area (Å²) in [5.74, 6) is 0.303. The van der Waals surface area contributed by atoms with Crippen molar-refractivity contribution in [2.45, 2.75) is 19.4 Å². The van der Waals surface area contributed by atoms with Gasteiger partial charge in [0.05, 0.1) is 6.20 Å². The lowest BCUT2D eigenvalue weighted by atomic mass is 9.98. The van der Waals surface area contributed by atoms with Gasteiger partial charge in [0.15, 0.2) is 5.69 Å². The number of carbonyl (C=O) groups excluding carboxylic acids is 1. The highest BCUT2D eigenvalue weighted by Gasteiger charge is 2.26. The second kappa shape index (κ2) is 6.56. The summed E-state index contributed by atoms with van der Waals surface area (Å²) in [6, 6.07) is 3.65. The molecule has 0 unspecified atom stereocenters. The monoisotopic (exact) mass is 343 g/mol. The van der Waals surface area contributed by atoms with Crippen molar-refractivity contribution in [3.63, 3.8) is 0 Å². The minimum Gasteiger partial charge on any atom is -0.364 e. The Kier molecular flexibility index (Phi) is 4.12. The predicted octanol–water partition coefficient (Wildman–Crippen LogP) is 2.55. The SMILES string of the molecule is O=C(c1ccon1)N1CCC[C@@H](Cn2cc(-c3ccsc3)nn2)C1. The number of amides is 1. The van der Waals surface area contributed by atoms with Gasteiger partial charge < -0.3 is 9.42 Å². The van der Waals surface area contributed by atoms with Gasteiger partial charge in [-0.1, -0.05) is 10.4 Å². The van der Waals surface area contributed by atoms with Gasteiger partial charge in [-0.05, 0) is 30.2 Å². The molecule has 4 heterocycles. The van der Waals surface area contributed by atoms with E-state index in [0.29, 0.717) is 18.2 Å². The fraction of sp³-hybridized carbons (Fsp3) is 0.375. The quantitative estimate of drug-likeness (QED) is 0.727. The second-order valence-electron chi connectivity index (χ2n) is 5.98. The van der Waals surface area contributed by atoms with E-state index in [-0.39, 0.29) is 5.91 Å². The Morgan fingerprint density at radius 1 is 1.42 bits per heavy atom. The minimum atomic E-state index is -0.0639. The average Bonchev–Trinajstić information content (AvgIpc) is 3.35. The summed E-state index contributed by atoms with van der Waals surface area (Å²) < 4.78 is 6.64. The number of nitrogens with zero attached hydrogens (tertiary/aromatic N) is 5. The average molecular weight is 343 g/mol. The van der Waals surface area contributed by atoms with Crippen LogP contribution in [0.5, 0.6) is 0 Å². The van der Waals surface area contributed by atoms with Crippen molar-refractivity contribution in [2.24, 2.45) is 5.92 Å². The van der Waals surface area contributed by atoms with Gasteiger partial charge in [-0.25, -0.2) is 0 Å². The molecule has 3 aromatic heterocycles. The maximum atomic E-state index is 12.4. The molecule has 4 rings (SSSR count). The number of piperidine rings is 1. The van der Waals surface area contributed by atoms with Crippen molar-refractivity contribution in [3.8, 4) is 11.3 Å². The maximum Gasteiger partial charge on any atom is 0.276 e. The molecule has 24 heavy (non-hydrogen) atoms. The van der Waals surface area contributed by atoms with Crippen molar-refractivity contribution in [3.05, 3.63) is 41.0 Å². The number of hydrogen-bond donors (Lipinski definition) is 0. The fourth-order valence-electron chi connectivity index (χ4n) is 3.08. The molecular weight excluding hydrogens is 326 g/mol. The van der Waals surface area contributed by atoms with E-state index in [2.05, 4.69) is 20.8 Å². The summed E-state index contributed by atoms with van der Waals surface area (Å²) in [4.78, 5) is 14.2. The first kappa shape index (κ1) is 15.1. The van der Waals surface area contributed by atoms with E-state index in [1.165, 1.54) is 6.26 Å². The molecule has 1 aliphatic heterocycles.